The number of likely N-dealkylation sites (N-methyl/N-ethyl adjacent to an activating group) is 1. The SMILES string of the molecule is CN1CCC[C@]2(CO)CCN(C(=O)c3cccn3C)C[C@@H]12. The Kier molecular flexibility index (Phi) is 3.80. The second kappa shape index (κ2) is 5.46. The first-order chi connectivity index (χ1) is 10.1. The van der Waals surface area contributed by atoms with E-state index in [1.165, 1.54) is 0 Å². The lowest BCUT2D eigenvalue weighted by molar-refractivity contribution is -0.0602. The van der Waals surface area contributed by atoms with E-state index < -0.39 is 0 Å². The summed E-state index contributed by atoms with van der Waals surface area (Å²) in [6.45, 7) is 2.75. The molecule has 1 aromatic heterocycles. The van der Waals surface area contributed by atoms with Crippen LogP contribution in [0, 0.1) is 5.41 Å². The van der Waals surface area contributed by atoms with E-state index in [0.717, 1.165) is 44.6 Å². The van der Waals surface area contributed by atoms with Crippen molar-refractivity contribution in [2.24, 2.45) is 12.5 Å². The normalized spacial score (nSPS) is 30.2. The van der Waals surface area contributed by atoms with Crippen LogP contribution in [0.4, 0.5) is 0 Å². The molecular formula is C16H25N3O2. The van der Waals surface area contributed by atoms with Crippen LogP contribution in [0.15, 0.2) is 18.3 Å². The lowest BCUT2D eigenvalue weighted by Gasteiger charge is -2.53. The molecule has 116 valence electrons. The van der Waals surface area contributed by atoms with Crippen LogP contribution >= 0.6 is 0 Å². The largest absolute Gasteiger partial charge is 0.396 e. The van der Waals surface area contributed by atoms with Gasteiger partial charge in [0.1, 0.15) is 5.69 Å². The van der Waals surface area contributed by atoms with Gasteiger partial charge in [-0.25, -0.2) is 0 Å². The van der Waals surface area contributed by atoms with Gasteiger partial charge in [-0.2, -0.15) is 0 Å². The predicted molar refractivity (Wildman–Crippen MR) is 81.1 cm³/mol. The minimum Gasteiger partial charge on any atom is -0.396 e. The Balaban J connectivity index is 1.80. The van der Waals surface area contributed by atoms with Crippen molar-refractivity contribution in [3.05, 3.63) is 24.0 Å². The summed E-state index contributed by atoms with van der Waals surface area (Å²) >= 11 is 0. The van der Waals surface area contributed by atoms with Crippen molar-refractivity contribution < 1.29 is 9.90 Å². The van der Waals surface area contributed by atoms with Crippen molar-refractivity contribution in [2.75, 3.05) is 33.3 Å². The van der Waals surface area contributed by atoms with Gasteiger partial charge >= 0.3 is 0 Å². The summed E-state index contributed by atoms with van der Waals surface area (Å²) in [6, 6.07) is 4.05. The highest BCUT2D eigenvalue weighted by atomic mass is 16.3. The average Bonchev–Trinajstić information content (AvgIpc) is 2.92. The Morgan fingerprint density at radius 3 is 2.86 bits per heavy atom. The maximum Gasteiger partial charge on any atom is 0.270 e. The lowest BCUT2D eigenvalue weighted by Crippen LogP contribution is -2.62. The second-order valence-electron chi connectivity index (χ2n) is 6.63. The van der Waals surface area contributed by atoms with Gasteiger partial charge in [-0.15, -0.1) is 0 Å². The van der Waals surface area contributed by atoms with Crippen LogP contribution in [-0.2, 0) is 7.05 Å². The number of aliphatic hydroxyl groups excluding tert-OH is 1. The zero-order valence-electron chi connectivity index (χ0n) is 13.0. The molecule has 0 aromatic carbocycles. The third-order valence-corrected chi connectivity index (χ3v) is 5.46. The molecule has 5 heteroatoms. The number of piperidine rings is 2. The first-order valence-electron chi connectivity index (χ1n) is 7.79. The molecular weight excluding hydrogens is 266 g/mol. The van der Waals surface area contributed by atoms with Crippen molar-refractivity contribution in [3.63, 3.8) is 0 Å². The highest BCUT2D eigenvalue weighted by Crippen LogP contribution is 2.41. The number of aromatic nitrogens is 1. The first kappa shape index (κ1) is 14.6. The molecule has 2 aliphatic rings. The summed E-state index contributed by atoms with van der Waals surface area (Å²) in [5.41, 5.74) is 0.725. The van der Waals surface area contributed by atoms with Gasteiger partial charge in [-0.05, 0) is 45.0 Å². The quantitative estimate of drug-likeness (QED) is 0.882. The number of fused-ring (bicyclic) bond motifs is 1. The van der Waals surface area contributed by atoms with Gasteiger partial charge in [0.25, 0.3) is 5.91 Å². The summed E-state index contributed by atoms with van der Waals surface area (Å²) < 4.78 is 1.88. The smallest absolute Gasteiger partial charge is 0.270 e. The number of aliphatic hydroxyl groups is 1. The maximum atomic E-state index is 12.7. The van der Waals surface area contributed by atoms with Gasteiger partial charge in [0.2, 0.25) is 0 Å². The third-order valence-electron chi connectivity index (χ3n) is 5.46. The lowest BCUT2D eigenvalue weighted by atomic mass is 9.69. The molecule has 3 heterocycles. The minimum absolute atomic E-state index is 0.0159. The van der Waals surface area contributed by atoms with Crippen molar-refractivity contribution in [1.82, 2.24) is 14.4 Å². The number of rotatable bonds is 2. The molecule has 2 saturated heterocycles. The number of hydrogen-bond acceptors (Lipinski definition) is 3. The Morgan fingerprint density at radius 2 is 2.19 bits per heavy atom. The van der Waals surface area contributed by atoms with E-state index >= 15 is 0 Å². The van der Waals surface area contributed by atoms with Gasteiger partial charge in [0.05, 0.1) is 6.61 Å². The molecule has 3 rings (SSSR count). The molecule has 0 bridgehead atoms. The molecule has 2 atom stereocenters. The molecule has 0 spiro atoms. The molecule has 1 amide bonds. The number of carbonyl (C=O) groups excluding carboxylic acids is 1. The van der Waals surface area contributed by atoms with E-state index in [1.807, 2.05) is 34.8 Å². The fourth-order valence-electron chi connectivity index (χ4n) is 4.05. The Bertz CT molecular complexity index is 527. The zero-order chi connectivity index (χ0) is 15.0. The van der Waals surface area contributed by atoms with Crippen LogP contribution in [-0.4, -0.2) is 64.7 Å². The third kappa shape index (κ3) is 2.38. The van der Waals surface area contributed by atoms with Crippen molar-refractivity contribution in [3.8, 4) is 0 Å². The second-order valence-corrected chi connectivity index (χ2v) is 6.63. The molecule has 21 heavy (non-hydrogen) atoms. The van der Waals surface area contributed by atoms with E-state index in [2.05, 4.69) is 11.9 Å². The number of aryl methyl sites for hydroxylation is 1. The molecule has 0 aliphatic carbocycles. The Morgan fingerprint density at radius 1 is 1.38 bits per heavy atom. The summed E-state index contributed by atoms with van der Waals surface area (Å²) in [4.78, 5) is 17.0. The van der Waals surface area contributed by atoms with Gasteiger partial charge in [0.15, 0.2) is 0 Å². The summed E-state index contributed by atoms with van der Waals surface area (Å²) in [5.74, 6) is 0.105. The topological polar surface area (TPSA) is 48.7 Å². The number of nitrogens with zero attached hydrogens (tertiary/aromatic N) is 3. The van der Waals surface area contributed by atoms with Gasteiger partial charge < -0.3 is 19.5 Å². The van der Waals surface area contributed by atoms with Crippen LogP contribution < -0.4 is 0 Å². The average molecular weight is 291 g/mol. The summed E-state index contributed by atoms with van der Waals surface area (Å²) in [7, 11) is 4.02. The standard InChI is InChI=1S/C16H25N3O2/c1-17-8-3-5-13(17)15(21)19-10-7-16(12-20)6-4-9-18(2)14(16)11-19/h3,5,8,14,20H,4,6-7,9-12H2,1-2H3/t14-,16-/m1/s1. The molecule has 0 saturated carbocycles. The van der Waals surface area contributed by atoms with Crippen LogP contribution in [0.2, 0.25) is 0 Å². The highest BCUT2D eigenvalue weighted by Gasteiger charge is 2.47. The van der Waals surface area contributed by atoms with Crippen molar-refractivity contribution in [2.45, 2.75) is 25.3 Å². The minimum atomic E-state index is -0.0159. The highest BCUT2D eigenvalue weighted by molar-refractivity contribution is 5.92. The fourth-order valence-corrected chi connectivity index (χ4v) is 4.05. The molecule has 2 aliphatic heterocycles. The van der Waals surface area contributed by atoms with Crippen molar-refractivity contribution >= 4 is 5.91 Å². The predicted octanol–water partition coefficient (Wildman–Crippen LogP) is 0.944. The monoisotopic (exact) mass is 291 g/mol. The Hall–Kier alpha value is -1.33. The molecule has 1 aromatic rings. The summed E-state index contributed by atoms with van der Waals surface area (Å²) in [6.07, 6.45) is 5.01. The van der Waals surface area contributed by atoms with E-state index in [-0.39, 0.29) is 24.0 Å². The molecule has 0 radical (unpaired) electrons. The first-order valence-corrected chi connectivity index (χ1v) is 7.79. The van der Waals surface area contributed by atoms with Gasteiger partial charge in [-0.1, -0.05) is 0 Å². The molecule has 0 unspecified atom stereocenters. The van der Waals surface area contributed by atoms with Crippen LogP contribution in [0.5, 0.6) is 0 Å². The molecule has 1 N–H and O–H groups in total. The van der Waals surface area contributed by atoms with Crippen molar-refractivity contribution in [1.29, 1.82) is 0 Å². The van der Waals surface area contributed by atoms with E-state index in [1.54, 1.807) is 0 Å². The van der Waals surface area contributed by atoms with E-state index in [0.29, 0.717) is 0 Å². The Labute approximate surface area is 126 Å². The number of likely N-dealkylation sites (tertiary alicyclic amines) is 2. The number of amides is 1. The fraction of sp³-hybridized carbons (Fsp3) is 0.688. The summed E-state index contributed by atoms with van der Waals surface area (Å²) in [5, 5.41) is 9.91. The number of carbonyl (C=O) groups is 1. The van der Waals surface area contributed by atoms with E-state index in [4.69, 9.17) is 0 Å². The van der Waals surface area contributed by atoms with Crippen LogP contribution in [0.1, 0.15) is 29.8 Å². The molecule has 2 fully saturated rings. The van der Waals surface area contributed by atoms with Gasteiger partial charge in [0, 0.05) is 37.8 Å². The van der Waals surface area contributed by atoms with Gasteiger partial charge in [-0.3, -0.25) is 4.79 Å². The zero-order valence-corrected chi connectivity index (χ0v) is 13.0. The molecule has 5 nitrogen and oxygen atoms in total. The van der Waals surface area contributed by atoms with Crippen LogP contribution in [0.3, 0.4) is 0 Å². The van der Waals surface area contributed by atoms with E-state index in [9.17, 15) is 9.90 Å². The number of hydrogen-bond donors (Lipinski definition) is 1. The maximum absolute atomic E-state index is 12.7. The van der Waals surface area contributed by atoms with Crippen LogP contribution in [0.25, 0.3) is 0 Å².